The van der Waals surface area contributed by atoms with Gasteiger partial charge in [0.2, 0.25) is 0 Å². The topological polar surface area (TPSA) is 92.1 Å². The molecule has 0 spiro atoms. The van der Waals surface area contributed by atoms with E-state index < -0.39 is 5.97 Å². The quantitative estimate of drug-likeness (QED) is 0.116. The summed E-state index contributed by atoms with van der Waals surface area (Å²) in [4.78, 5) is 11.1. The van der Waals surface area contributed by atoms with E-state index in [0.29, 0.717) is 12.2 Å². The summed E-state index contributed by atoms with van der Waals surface area (Å²) >= 11 is 0. The second-order valence-electron chi connectivity index (χ2n) is 9.80. The monoisotopic (exact) mass is 499 g/mol. The van der Waals surface area contributed by atoms with E-state index in [1.165, 1.54) is 83.5 Å². The number of fused-ring (bicyclic) bond motifs is 1. The molecule has 0 saturated carbocycles. The molecule has 0 amide bonds. The Morgan fingerprint density at radius 2 is 1.47 bits per heavy atom. The SMILES string of the molecule is CCCCCCCCCCCCCCC=CCCNCCCNCn1nnc2cc(C(=O)O)ccc21. The van der Waals surface area contributed by atoms with E-state index >= 15 is 0 Å². The predicted octanol–water partition coefficient (Wildman–Crippen LogP) is 6.69. The number of benzene rings is 1. The van der Waals surface area contributed by atoms with Gasteiger partial charge >= 0.3 is 5.97 Å². The number of carboxylic acid groups (broad SMARTS) is 1. The number of nitrogens with zero attached hydrogens (tertiary/aromatic N) is 3. The lowest BCUT2D eigenvalue weighted by molar-refractivity contribution is 0.0697. The van der Waals surface area contributed by atoms with E-state index in [2.05, 4.69) is 40.0 Å². The average molecular weight is 500 g/mol. The van der Waals surface area contributed by atoms with Crippen LogP contribution in [0.15, 0.2) is 30.4 Å². The highest BCUT2D eigenvalue weighted by atomic mass is 16.4. The molecule has 7 nitrogen and oxygen atoms in total. The first-order valence-electron chi connectivity index (χ1n) is 14.4. The molecule has 0 aliphatic rings. The van der Waals surface area contributed by atoms with Crippen molar-refractivity contribution < 1.29 is 9.90 Å². The third kappa shape index (κ3) is 13.2. The third-order valence-electron chi connectivity index (χ3n) is 6.61. The Morgan fingerprint density at radius 1 is 0.833 bits per heavy atom. The summed E-state index contributed by atoms with van der Waals surface area (Å²) < 4.78 is 1.76. The van der Waals surface area contributed by atoms with Gasteiger partial charge in [0.15, 0.2) is 0 Å². The molecule has 0 atom stereocenters. The molecule has 7 heteroatoms. The summed E-state index contributed by atoms with van der Waals surface area (Å²) in [6.07, 6.45) is 24.9. The summed E-state index contributed by atoms with van der Waals surface area (Å²) in [6, 6.07) is 4.90. The van der Waals surface area contributed by atoms with Gasteiger partial charge < -0.3 is 10.4 Å². The second-order valence-corrected chi connectivity index (χ2v) is 9.80. The Kier molecular flexibility index (Phi) is 16.6. The molecule has 36 heavy (non-hydrogen) atoms. The number of hydrogen-bond donors (Lipinski definition) is 3. The number of aromatic nitrogens is 3. The van der Waals surface area contributed by atoms with Crippen LogP contribution < -0.4 is 10.6 Å². The third-order valence-corrected chi connectivity index (χ3v) is 6.61. The van der Waals surface area contributed by atoms with E-state index in [-0.39, 0.29) is 5.56 Å². The zero-order chi connectivity index (χ0) is 25.7. The van der Waals surface area contributed by atoms with Crippen molar-refractivity contribution in [3.63, 3.8) is 0 Å². The lowest BCUT2D eigenvalue weighted by atomic mass is 10.0. The molecule has 1 heterocycles. The molecule has 2 rings (SSSR count). The van der Waals surface area contributed by atoms with Crippen LogP contribution in [-0.2, 0) is 6.67 Å². The first kappa shape index (κ1) is 30.0. The Balaban J connectivity index is 1.34. The fourth-order valence-electron chi connectivity index (χ4n) is 4.39. The molecule has 0 unspecified atom stereocenters. The van der Waals surface area contributed by atoms with Gasteiger partial charge in [-0.3, -0.25) is 5.32 Å². The van der Waals surface area contributed by atoms with Gasteiger partial charge in [0.25, 0.3) is 0 Å². The van der Waals surface area contributed by atoms with Crippen molar-refractivity contribution in [2.75, 3.05) is 19.6 Å². The van der Waals surface area contributed by atoms with Crippen LogP contribution in [0.2, 0.25) is 0 Å². The average Bonchev–Trinajstić information content (AvgIpc) is 3.29. The van der Waals surface area contributed by atoms with Gasteiger partial charge in [-0.25, -0.2) is 9.48 Å². The van der Waals surface area contributed by atoms with Crippen LogP contribution in [0, 0.1) is 0 Å². The fourth-order valence-corrected chi connectivity index (χ4v) is 4.39. The van der Waals surface area contributed by atoms with Gasteiger partial charge in [-0.2, -0.15) is 0 Å². The first-order chi connectivity index (χ1) is 17.7. The number of aromatic carboxylic acids is 1. The molecule has 0 bridgehead atoms. The number of nitrogens with one attached hydrogen (secondary N) is 2. The van der Waals surface area contributed by atoms with Crippen molar-refractivity contribution in [1.29, 1.82) is 0 Å². The maximum Gasteiger partial charge on any atom is 0.335 e. The van der Waals surface area contributed by atoms with Crippen LogP contribution in [0.3, 0.4) is 0 Å². The molecule has 202 valence electrons. The van der Waals surface area contributed by atoms with Crippen molar-refractivity contribution >= 4 is 17.0 Å². The van der Waals surface area contributed by atoms with Crippen LogP contribution in [-0.4, -0.2) is 45.7 Å². The summed E-state index contributed by atoms with van der Waals surface area (Å²) in [6.45, 7) is 5.74. The van der Waals surface area contributed by atoms with E-state index in [4.69, 9.17) is 5.11 Å². The normalized spacial score (nSPS) is 11.7. The minimum absolute atomic E-state index is 0.229. The molecule has 0 aliphatic carbocycles. The second kappa shape index (κ2) is 19.9. The summed E-state index contributed by atoms with van der Waals surface area (Å²) in [5, 5.41) is 24.1. The van der Waals surface area contributed by atoms with Crippen LogP contribution in [0.5, 0.6) is 0 Å². The van der Waals surface area contributed by atoms with Gasteiger partial charge in [-0.1, -0.05) is 94.9 Å². The number of hydrogen-bond acceptors (Lipinski definition) is 5. The lowest BCUT2D eigenvalue weighted by Gasteiger charge is -2.06. The molecule has 0 saturated heterocycles. The van der Waals surface area contributed by atoms with Gasteiger partial charge in [0, 0.05) is 0 Å². The van der Waals surface area contributed by atoms with Crippen LogP contribution >= 0.6 is 0 Å². The van der Waals surface area contributed by atoms with Crippen molar-refractivity contribution in [2.24, 2.45) is 0 Å². The van der Waals surface area contributed by atoms with Crippen molar-refractivity contribution in [3.05, 3.63) is 35.9 Å². The summed E-state index contributed by atoms with van der Waals surface area (Å²) in [5.41, 5.74) is 1.67. The minimum Gasteiger partial charge on any atom is -0.478 e. The molecule has 2 aromatic rings. The highest BCUT2D eigenvalue weighted by Gasteiger charge is 2.08. The molecule has 1 aromatic carbocycles. The van der Waals surface area contributed by atoms with Gasteiger partial charge in [-0.15, -0.1) is 5.10 Å². The van der Waals surface area contributed by atoms with Crippen LogP contribution in [0.25, 0.3) is 11.0 Å². The number of carbonyl (C=O) groups is 1. The van der Waals surface area contributed by atoms with Crippen LogP contribution in [0.1, 0.15) is 114 Å². The van der Waals surface area contributed by atoms with Gasteiger partial charge in [0.1, 0.15) is 5.52 Å². The highest BCUT2D eigenvalue weighted by molar-refractivity contribution is 5.92. The summed E-state index contributed by atoms with van der Waals surface area (Å²) in [5.74, 6) is -0.952. The lowest BCUT2D eigenvalue weighted by Crippen LogP contribution is -2.24. The van der Waals surface area contributed by atoms with E-state index in [0.717, 1.165) is 38.0 Å². The summed E-state index contributed by atoms with van der Waals surface area (Å²) in [7, 11) is 0. The maximum absolute atomic E-state index is 11.1. The molecule has 0 aliphatic heterocycles. The van der Waals surface area contributed by atoms with E-state index in [1.54, 1.807) is 22.9 Å². The Bertz CT molecular complexity index is 864. The van der Waals surface area contributed by atoms with Gasteiger partial charge in [0.05, 0.1) is 17.7 Å². The Labute approximate surface area is 218 Å². The van der Waals surface area contributed by atoms with Crippen LogP contribution in [0.4, 0.5) is 0 Å². The van der Waals surface area contributed by atoms with E-state index in [1.807, 2.05) is 0 Å². The number of rotatable bonds is 23. The molecule has 1 aromatic heterocycles. The minimum atomic E-state index is -0.952. The largest absolute Gasteiger partial charge is 0.478 e. The molecule has 0 radical (unpaired) electrons. The number of unbranched alkanes of at least 4 members (excludes halogenated alkanes) is 12. The zero-order valence-corrected chi connectivity index (χ0v) is 22.5. The van der Waals surface area contributed by atoms with Crippen molar-refractivity contribution in [1.82, 2.24) is 25.6 Å². The first-order valence-corrected chi connectivity index (χ1v) is 14.4. The number of carboxylic acids is 1. The molecular formula is C29H49N5O2. The Hall–Kier alpha value is -2.25. The van der Waals surface area contributed by atoms with Gasteiger partial charge in [-0.05, 0) is 63.5 Å². The standard InChI is InChI=1S/C29H49N5O2/c1-2-3-4-5-6-7-8-9-10-11-12-13-14-15-16-17-21-30-22-18-23-31-25-34-28-20-19-26(29(35)36)24-27(28)32-33-34/h15-16,19-20,24,30-31H,2-14,17-18,21-23,25H2,1H3,(H,35,36). The molecular weight excluding hydrogens is 450 g/mol. The fraction of sp³-hybridized carbons (Fsp3) is 0.690. The number of allylic oxidation sites excluding steroid dienone is 1. The smallest absolute Gasteiger partial charge is 0.335 e. The highest BCUT2D eigenvalue weighted by Crippen LogP contribution is 2.14. The maximum atomic E-state index is 11.1. The zero-order valence-electron chi connectivity index (χ0n) is 22.5. The van der Waals surface area contributed by atoms with Crippen molar-refractivity contribution in [2.45, 2.75) is 110 Å². The molecule has 3 N–H and O–H groups in total. The van der Waals surface area contributed by atoms with E-state index in [9.17, 15) is 4.79 Å². The predicted molar refractivity (Wildman–Crippen MR) is 149 cm³/mol. The van der Waals surface area contributed by atoms with Crippen molar-refractivity contribution in [3.8, 4) is 0 Å². The Morgan fingerprint density at radius 3 is 2.17 bits per heavy atom. The molecule has 0 fully saturated rings.